The predicted octanol–water partition coefficient (Wildman–Crippen LogP) is 3.76. The first-order valence-electron chi connectivity index (χ1n) is 5.86. The van der Waals surface area contributed by atoms with Crippen molar-refractivity contribution in [1.29, 1.82) is 0 Å². The fraction of sp³-hybridized carbons (Fsp3) is 0.133. The maximum atomic E-state index is 13.9. The average molecular weight is 240 g/mol. The third kappa shape index (κ3) is 1.68. The standard InChI is InChI=1S/C15H13FN2/c1-10-5-6-12(13(16)8-10)14-9-18-7-3-4-11(2)15(18)17-14/h3-9H,1-2H3. The van der Waals surface area contributed by atoms with Crippen molar-refractivity contribution >= 4 is 5.65 Å². The van der Waals surface area contributed by atoms with Gasteiger partial charge in [-0.15, -0.1) is 0 Å². The van der Waals surface area contributed by atoms with Crippen LogP contribution in [0.25, 0.3) is 16.9 Å². The lowest BCUT2D eigenvalue weighted by Crippen LogP contribution is -1.85. The lowest BCUT2D eigenvalue weighted by atomic mass is 10.1. The van der Waals surface area contributed by atoms with Crippen molar-refractivity contribution in [1.82, 2.24) is 9.38 Å². The molecule has 0 saturated carbocycles. The molecule has 3 aromatic rings. The molecule has 0 bridgehead atoms. The third-order valence-electron chi connectivity index (χ3n) is 3.08. The Morgan fingerprint density at radius 2 is 2.00 bits per heavy atom. The summed E-state index contributed by atoms with van der Waals surface area (Å²) in [4.78, 5) is 4.50. The van der Waals surface area contributed by atoms with E-state index in [1.165, 1.54) is 6.07 Å². The van der Waals surface area contributed by atoms with E-state index < -0.39 is 0 Å². The number of aryl methyl sites for hydroxylation is 2. The van der Waals surface area contributed by atoms with E-state index in [0.717, 1.165) is 16.8 Å². The Bertz CT molecular complexity index is 728. The zero-order chi connectivity index (χ0) is 12.7. The molecule has 3 heteroatoms. The fourth-order valence-electron chi connectivity index (χ4n) is 2.11. The molecular weight excluding hydrogens is 227 g/mol. The molecule has 0 amide bonds. The van der Waals surface area contributed by atoms with Gasteiger partial charge in [-0.05, 0) is 43.2 Å². The second kappa shape index (κ2) is 3.95. The molecule has 0 spiro atoms. The first-order valence-corrected chi connectivity index (χ1v) is 5.86. The van der Waals surface area contributed by atoms with Gasteiger partial charge in [0, 0.05) is 18.0 Å². The minimum atomic E-state index is -0.226. The highest BCUT2D eigenvalue weighted by atomic mass is 19.1. The van der Waals surface area contributed by atoms with Crippen molar-refractivity contribution in [2.24, 2.45) is 0 Å². The normalized spacial score (nSPS) is 11.1. The van der Waals surface area contributed by atoms with Gasteiger partial charge in [0.05, 0.1) is 5.69 Å². The van der Waals surface area contributed by atoms with Crippen LogP contribution in [-0.2, 0) is 0 Å². The van der Waals surface area contributed by atoms with E-state index in [9.17, 15) is 4.39 Å². The van der Waals surface area contributed by atoms with E-state index in [-0.39, 0.29) is 5.82 Å². The Morgan fingerprint density at radius 1 is 1.17 bits per heavy atom. The van der Waals surface area contributed by atoms with Crippen LogP contribution in [0.5, 0.6) is 0 Å². The van der Waals surface area contributed by atoms with E-state index in [4.69, 9.17) is 0 Å². The lowest BCUT2D eigenvalue weighted by molar-refractivity contribution is 0.629. The lowest BCUT2D eigenvalue weighted by Gasteiger charge is -1.99. The van der Waals surface area contributed by atoms with E-state index in [1.54, 1.807) is 6.07 Å². The van der Waals surface area contributed by atoms with Crippen LogP contribution in [0, 0.1) is 19.7 Å². The number of benzene rings is 1. The number of aromatic nitrogens is 2. The monoisotopic (exact) mass is 240 g/mol. The quantitative estimate of drug-likeness (QED) is 0.633. The van der Waals surface area contributed by atoms with Crippen LogP contribution in [-0.4, -0.2) is 9.38 Å². The topological polar surface area (TPSA) is 17.3 Å². The van der Waals surface area contributed by atoms with Crippen molar-refractivity contribution in [3.8, 4) is 11.3 Å². The fourth-order valence-corrected chi connectivity index (χ4v) is 2.11. The van der Waals surface area contributed by atoms with Gasteiger partial charge in [-0.25, -0.2) is 9.37 Å². The molecule has 0 saturated heterocycles. The SMILES string of the molecule is Cc1ccc(-c2cn3cccc(C)c3n2)c(F)c1. The second-order valence-electron chi connectivity index (χ2n) is 4.53. The summed E-state index contributed by atoms with van der Waals surface area (Å²) in [7, 11) is 0. The zero-order valence-electron chi connectivity index (χ0n) is 10.3. The Morgan fingerprint density at radius 3 is 2.72 bits per heavy atom. The van der Waals surface area contributed by atoms with Crippen molar-refractivity contribution in [3.63, 3.8) is 0 Å². The van der Waals surface area contributed by atoms with E-state index in [2.05, 4.69) is 4.98 Å². The van der Waals surface area contributed by atoms with Crippen molar-refractivity contribution in [3.05, 3.63) is 59.7 Å². The van der Waals surface area contributed by atoms with Gasteiger partial charge in [0.2, 0.25) is 0 Å². The Kier molecular flexibility index (Phi) is 2.40. The smallest absolute Gasteiger partial charge is 0.140 e. The van der Waals surface area contributed by atoms with Gasteiger partial charge in [-0.3, -0.25) is 0 Å². The predicted molar refractivity (Wildman–Crippen MR) is 70.1 cm³/mol. The highest BCUT2D eigenvalue weighted by Crippen LogP contribution is 2.24. The molecule has 0 aliphatic heterocycles. The van der Waals surface area contributed by atoms with Gasteiger partial charge < -0.3 is 4.40 Å². The molecule has 3 rings (SSSR count). The molecule has 0 unspecified atom stereocenters. The summed E-state index contributed by atoms with van der Waals surface area (Å²) >= 11 is 0. The Labute approximate surface area is 105 Å². The van der Waals surface area contributed by atoms with Crippen molar-refractivity contribution in [2.45, 2.75) is 13.8 Å². The highest BCUT2D eigenvalue weighted by Gasteiger charge is 2.10. The molecule has 0 radical (unpaired) electrons. The molecule has 0 atom stereocenters. The Hall–Kier alpha value is -2.16. The summed E-state index contributed by atoms with van der Waals surface area (Å²) in [6.07, 6.45) is 3.78. The summed E-state index contributed by atoms with van der Waals surface area (Å²) in [5.41, 5.74) is 4.07. The van der Waals surface area contributed by atoms with Crippen LogP contribution in [0.3, 0.4) is 0 Å². The molecule has 18 heavy (non-hydrogen) atoms. The summed E-state index contributed by atoms with van der Waals surface area (Å²) in [5, 5.41) is 0. The Balaban J connectivity index is 2.23. The highest BCUT2D eigenvalue weighted by molar-refractivity contribution is 5.65. The molecule has 0 aliphatic carbocycles. The molecule has 0 fully saturated rings. The molecule has 0 aliphatic rings. The number of fused-ring (bicyclic) bond motifs is 1. The summed E-state index contributed by atoms with van der Waals surface area (Å²) in [6, 6.07) is 9.17. The first-order chi connectivity index (χ1) is 8.65. The maximum Gasteiger partial charge on any atom is 0.140 e. The summed E-state index contributed by atoms with van der Waals surface area (Å²) in [6.45, 7) is 3.87. The van der Waals surface area contributed by atoms with Crippen molar-refractivity contribution < 1.29 is 4.39 Å². The average Bonchev–Trinajstić information content (AvgIpc) is 2.74. The third-order valence-corrected chi connectivity index (χ3v) is 3.08. The van der Waals surface area contributed by atoms with E-state index in [1.807, 2.05) is 48.8 Å². The molecule has 2 aromatic heterocycles. The van der Waals surface area contributed by atoms with Crippen LogP contribution >= 0.6 is 0 Å². The molecule has 2 heterocycles. The van der Waals surface area contributed by atoms with E-state index >= 15 is 0 Å². The first kappa shape index (κ1) is 11.0. The largest absolute Gasteiger partial charge is 0.306 e. The van der Waals surface area contributed by atoms with Gasteiger partial charge in [0.15, 0.2) is 0 Å². The van der Waals surface area contributed by atoms with Crippen LogP contribution in [0.4, 0.5) is 4.39 Å². The minimum absolute atomic E-state index is 0.226. The number of pyridine rings is 1. The molecular formula is C15H13FN2. The summed E-state index contributed by atoms with van der Waals surface area (Å²) < 4.78 is 15.8. The summed E-state index contributed by atoms with van der Waals surface area (Å²) in [5.74, 6) is -0.226. The number of rotatable bonds is 1. The van der Waals surface area contributed by atoms with Gasteiger partial charge >= 0.3 is 0 Å². The number of hydrogen-bond acceptors (Lipinski definition) is 1. The van der Waals surface area contributed by atoms with Gasteiger partial charge in [-0.1, -0.05) is 12.1 Å². The second-order valence-corrected chi connectivity index (χ2v) is 4.53. The molecule has 2 nitrogen and oxygen atoms in total. The number of nitrogens with zero attached hydrogens (tertiary/aromatic N) is 2. The molecule has 0 N–H and O–H groups in total. The van der Waals surface area contributed by atoms with Crippen LogP contribution in [0.2, 0.25) is 0 Å². The van der Waals surface area contributed by atoms with Gasteiger partial charge in [-0.2, -0.15) is 0 Å². The zero-order valence-corrected chi connectivity index (χ0v) is 10.3. The number of hydrogen-bond donors (Lipinski definition) is 0. The van der Waals surface area contributed by atoms with Crippen LogP contribution < -0.4 is 0 Å². The van der Waals surface area contributed by atoms with Gasteiger partial charge in [0.25, 0.3) is 0 Å². The van der Waals surface area contributed by atoms with Gasteiger partial charge in [0.1, 0.15) is 11.5 Å². The van der Waals surface area contributed by atoms with E-state index in [0.29, 0.717) is 11.3 Å². The number of imidazole rings is 1. The molecule has 90 valence electrons. The minimum Gasteiger partial charge on any atom is -0.306 e. The van der Waals surface area contributed by atoms with Crippen molar-refractivity contribution in [2.75, 3.05) is 0 Å². The maximum absolute atomic E-state index is 13.9. The number of halogens is 1. The van der Waals surface area contributed by atoms with Crippen LogP contribution in [0.15, 0.2) is 42.7 Å². The van der Waals surface area contributed by atoms with Crippen LogP contribution in [0.1, 0.15) is 11.1 Å². The molecule has 1 aromatic carbocycles.